The number of anilines is 1. The van der Waals surface area contributed by atoms with E-state index in [1.807, 2.05) is 13.8 Å². The molecule has 1 aromatic carbocycles. The molecule has 0 aliphatic carbocycles. The number of hydrogen-bond acceptors (Lipinski definition) is 3. The molecule has 0 saturated carbocycles. The molecule has 0 unspecified atom stereocenters. The Balaban J connectivity index is 2.63. The Labute approximate surface area is 148 Å². The molecule has 23 heavy (non-hydrogen) atoms. The summed E-state index contributed by atoms with van der Waals surface area (Å²) in [6.45, 7) is 4.58. The number of hydrogen-bond donors (Lipinski definition) is 1. The molecule has 0 bridgehead atoms. The van der Waals surface area contributed by atoms with Crippen LogP contribution in [0.25, 0.3) is 0 Å². The van der Waals surface area contributed by atoms with Gasteiger partial charge in [-0.15, -0.1) is 0 Å². The number of nitrogens with zero attached hydrogens (tertiary/aromatic N) is 1. The van der Waals surface area contributed by atoms with E-state index in [1.54, 1.807) is 18.2 Å². The fraction of sp³-hybridized carbons (Fsp3) is 0.533. The highest BCUT2D eigenvalue weighted by Crippen LogP contribution is 2.25. The third-order valence-corrected chi connectivity index (χ3v) is 5.08. The van der Waals surface area contributed by atoms with E-state index in [-0.39, 0.29) is 18.9 Å². The fourth-order valence-electron chi connectivity index (χ4n) is 1.88. The minimum absolute atomic E-state index is 0.0496. The Morgan fingerprint density at radius 2 is 1.91 bits per heavy atom. The first-order valence-corrected chi connectivity index (χ1v) is 9.90. The number of carbonyl (C=O) groups excluding carboxylic acids is 1. The van der Waals surface area contributed by atoms with Crippen LogP contribution in [-0.2, 0) is 14.8 Å². The molecular formula is C15H22Cl2N2O3S. The van der Waals surface area contributed by atoms with Crippen molar-refractivity contribution in [3.8, 4) is 0 Å². The van der Waals surface area contributed by atoms with Crippen LogP contribution in [0.5, 0.6) is 0 Å². The Kier molecular flexibility index (Phi) is 7.80. The normalized spacial score (nSPS) is 12.0. The van der Waals surface area contributed by atoms with Gasteiger partial charge in [-0.25, -0.2) is 12.7 Å². The Morgan fingerprint density at radius 1 is 1.26 bits per heavy atom. The van der Waals surface area contributed by atoms with Gasteiger partial charge >= 0.3 is 0 Å². The predicted molar refractivity (Wildman–Crippen MR) is 95.6 cm³/mol. The first-order valence-electron chi connectivity index (χ1n) is 7.29. The summed E-state index contributed by atoms with van der Waals surface area (Å²) in [4.78, 5) is 12.0. The second kappa shape index (κ2) is 8.87. The monoisotopic (exact) mass is 380 g/mol. The third kappa shape index (κ3) is 7.52. The standard InChI is InChI=1S/C15H22Cl2N2O3S/c1-11(2)6-8-19(23(3,21)22)9-7-15(20)18-14-10-12(16)4-5-13(14)17/h4-5,10-11H,6-9H2,1-3H3,(H,18,20). The Morgan fingerprint density at radius 3 is 2.48 bits per heavy atom. The first kappa shape index (κ1) is 20.2. The summed E-state index contributed by atoms with van der Waals surface area (Å²) in [5.41, 5.74) is 0.414. The molecule has 0 spiro atoms. The summed E-state index contributed by atoms with van der Waals surface area (Å²) in [5.74, 6) is 0.0747. The molecule has 0 fully saturated rings. The lowest BCUT2D eigenvalue weighted by Gasteiger charge is -2.20. The lowest BCUT2D eigenvalue weighted by atomic mass is 10.1. The molecule has 130 valence electrons. The highest BCUT2D eigenvalue weighted by Gasteiger charge is 2.18. The molecule has 0 aliphatic rings. The Hall–Kier alpha value is -0.820. The van der Waals surface area contributed by atoms with Gasteiger partial charge in [-0.2, -0.15) is 0 Å². The molecule has 0 radical (unpaired) electrons. The van der Waals surface area contributed by atoms with Crippen LogP contribution in [0.3, 0.4) is 0 Å². The van der Waals surface area contributed by atoms with Gasteiger partial charge in [-0.05, 0) is 30.5 Å². The quantitative estimate of drug-likeness (QED) is 0.748. The summed E-state index contributed by atoms with van der Waals surface area (Å²) in [6.07, 6.45) is 1.95. The number of carbonyl (C=O) groups is 1. The summed E-state index contributed by atoms with van der Waals surface area (Å²) >= 11 is 11.8. The topological polar surface area (TPSA) is 66.5 Å². The van der Waals surface area contributed by atoms with Crippen molar-refractivity contribution in [3.63, 3.8) is 0 Å². The molecular weight excluding hydrogens is 359 g/mol. The number of benzene rings is 1. The summed E-state index contributed by atoms with van der Waals surface area (Å²) in [6, 6.07) is 4.76. The molecule has 1 aromatic rings. The van der Waals surface area contributed by atoms with E-state index in [0.717, 1.165) is 12.7 Å². The van der Waals surface area contributed by atoms with Crippen LogP contribution in [0.1, 0.15) is 26.7 Å². The van der Waals surface area contributed by atoms with Crippen molar-refractivity contribution in [1.29, 1.82) is 0 Å². The number of nitrogens with one attached hydrogen (secondary N) is 1. The lowest BCUT2D eigenvalue weighted by Crippen LogP contribution is -2.34. The van der Waals surface area contributed by atoms with Crippen LogP contribution in [-0.4, -0.2) is 38.0 Å². The van der Waals surface area contributed by atoms with Crippen molar-refractivity contribution >= 4 is 44.8 Å². The second-order valence-electron chi connectivity index (χ2n) is 5.77. The minimum Gasteiger partial charge on any atom is -0.325 e. The van der Waals surface area contributed by atoms with Gasteiger partial charge in [-0.1, -0.05) is 37.0 Å². The van der Waals surface area contributed by atoms with Gasteiger partial charge in [0.25, 0.3) is 0 Å². The molecule has 0 heterocycles. The summed E-state index contributed by atoms with van der Waals surface area (Å²) < 4.78 is 24.9. The highest BCUT2D eigenvalue weighted by atomic mass is 35.5. The fourth-order valence-corrected chi connectivity index (χ4v) is 3.07. The molecule has 0 saturated heterocycles. The van der Waals surface area contributed by atoms with Crippen molar-refractivity contribution in [2.45, 2.75) is 26.7 Å². The van der Waals surface area contributed by atoms with Crippen LogP contribution >= 0.6 is 23.2 Å². The van der Waals surface area contributed by atoms with Crippen LogP contribution in [0, 0.1) is 5.92 Å². The maximum Gasteiger partial charge on any atom is 0.225 e. The number of halogens is 2. The van der Waals surface area contributed by atoms with Gasteiger partial charge in [0.2, 0.25) is 15.9 Å². The molecule has 1 N–H and O–H groups in total. The van der Waals surface area contributed by atoms with Gasteiger partial charge < -0.3 is 5.32 Å². The summed E-state index contributed by atoms with van der Waals surface area (Å²) in [5, 5.41) is 3.48. The van der Waals surface area contributed by atoms with E-state index >= 15 is 0 Å². The Bertz CT molecular complexity index is 648. The van der Waals surface area contributed by atoms with Gasteiger partial charge in [-0.3, -0.25) is 4.79 Å². The van der Waals surface area contributed by atoms with Crippen molar-refractivity contribution in [3.05, 3.63) is 28.2 Å². The molecule has 1 rings (SSSR count). The number of amides is 1. The van der Waals surface area contributed by atoms with E-state index in [2.05, 4.69) is 5.32 Å². The lowest BCUT2D eigenvalue weighted by molar-refractivity contribution is -0.116. The van der Waals surface area contributed by atoms with Crippen LogP contribution in [0.15, 0.2) is 18.2 Å². The molecule has 0 atom stereocenters. The second-order valence-corrected chi connectivity index (χ2v) is 8.59. The molecule has 1 amide bonds. The van der Waals surface area contributed by atoms with E-state index in [9.17, 15) is 13.2 Å². The number of rotatable bonds is 8. The van der Waals surface area contributed by atoms with Gasteiger partial charge in [0.1, 0.15) is 0 Å². The average molecular weight is 381 g/mol. The molecule has 8 heteroatoms. The van der Waals surface area contributed by atoms with Crippen molar-refractivity contribution in [2.75, 3.05) is 24.7 Å². The molecule has 0 aliphatic heterocycles. The van der Waals surface area contributed by atoms with Crippen LogP contribution in [0.2, 0.25) is 10.0 Å². The number of sulfonamides is 1. The zero-order valence-corrected chi connectivity index (χ0v) is 15.8. The molecule has 5 nitrogen and oxygen atoms in total. The van der Waals surface area contributed by atoms with Gasteiger partial charge in [0.05, 0.1) is 17.0 Å². The first-order chi connectivity index (χ1) is 10.6. The van der Waals surface area contributed by atoms with Crippen molar-refractivity contribution in [2.24, 2.45) is 5.92 Å². The van der Waals surface area contributed by atoms with E-state index in [0.29, 0.717) is 28.2 Å². The van der Waals surface area contributed by atoms with Crippen molar-refractivity contribution < 1.29 is 13.2 Å². The zero-order chi connectivity index (χ0) is 17.6. The zero-order valence-electron chi connectivity index (χ0n) is 13.5. The van der Waals surface area contributed by atoms with Crippen molar-refractivity contribution in [1.82, 2.24) is 4.31 Å². The minimum atomic E-state index is -3.34. The third-order valence-electron chi connectivity index (χ3n) is 3.22. The SMILES string of the molecule is CC(C)CCN(CCC(=O)Nc1cc(Cl)ccc1Cl)S(C)(=O)=O. The maximum atomic E-state index is 12.0. The van der Waals surface area contributed by atoms with Gasteiger partial charge in [0.15, 0.2) is 0 Å². The van der Waals surface area contributed by atoms with Crippen LogP contribution < -0.4 is 5.32 Å². The largest absolute Gasteiger partial charge is 0.325 e. The van der Waals surface area contributed by atoms with Crippen LogP contribution in [0.4, 0.5) is 5.69 Å². The summed E-state index contributed by atoms with van der Waals surface area (Å²) in [7, 11) is -3.34. The predicted octanol–water partition coefficient (Wildman–Crippen LogP) is 3.63. The molecule has 0 aromatic heterocycles. The maximum absolute atomic E-state index is 12.0. The smallest absolute Gasteiger partial charge is 0.225 e. The average Bonchev–Trinajstić information content (AvgIpc) is 2.41. The van der Waals surface area contributed by atoms with E-state index < -0.39 is 10.0 Å². The highest BCUT2D eigenvalue weighted by molar-refractivity contribution is 7.88. The van der Waals surface area contributed by atoms with E-state index in [1.165, 1.54) is 4.31 Å². The van der Waals surface area contributed by atoms with E-state index in [4.69, 9.17) is 23.2 Å². The van der Waals surface area contributed by atoms with Gasteiger partial charge in [0, 0.05) is 24.5 Å².